The van der Waals surface area contributed by atoms with Gasteiger partial charge < -0.3 is 9.47 Å². The Bertz CT molecular complexity index is 1370. The van der Waals surface area contributed by atoms with Crippen molar-refractivity contribution in [1.82, 2.24) is 9.13 Å². The third-order valence-corrected chi connectivity index (χ3v) is 7.47. The number of aromatic nitrogens is 2. The summed E-state index contributed by atoms with van der Waals surface area (Å²) < 4.78 is 14.8. The molecule has 0 saturated heterocycles. The van der Waals surface area contributed by atoms with Gasteiger partial charge in [0, 0.05) is 30.6 Å². The molecular weight excluding hydrogens is 426 g/mol. The van der Waals surface area contributed by atoms with Crippen LogP contribution in [0, 0.1) is 20.8 Å². The second kappa shape index (κ2) is 8.82. The van der Waals surface area contributed by atoms with Gasteiger partial charge in [0.15, 0.2) is 11.5 Å². The standard InChI is InChI=1S/C28H35N3O3/c1-9-28(10-2)16-31-22(20-13-23(33-7)24(34-8)14-21(20)28)15-25(30(6)27(31)32)29-26-18(4)11-17(3)12-19(26)5/h11-15H,9-10,16H2,1-8H3/b29-25-. The molecule has 180 valence electrons. The fraction of sp³-hybridized carbons (Fsp3) is 0.429. The summed E-state index contributed by atoms with van der Waals surface area (Å²) >= 11 is 0. The molecule has 3 aromatic rings. The summed E-state index contributed by atoms with van der Waals surface area (Å²) in [5.74, 6) is 1.36. The summed E-state index contributed by atoms with van der Waals surface area (Å²) in [6, 6.07) is 10.4. The van der Waals surface area contributed by atoms with Crippen molar-refractivity contribution in [2.45, 2.75) is 59.4 Å². The van der Waals surface area contributed by atoms with Crippen molar-refractivity contribution in [3.8, 4) is 22.8 Å². The van der Waals surface area contributed by atoms with E-state index in [4.69, 9.17) is 14.5 Å². The molecule has 34 heavy (non-hydrogen) atoms. The molecule has 0 bridgehead atoms. The molecule has 0 saturated carbocycles. The van der Waals surface area contributed by atoms with Crippen LogP contribution in [0.4, 0.5) is 5.69 Å². The topological polar surface area (TPSA) is 57.8 Å². The Hall–Kier alpha value is -3.28. The maximum atomic E-state index is 13.7. The molecule has 2 heterocycles. The third-order valence-electron chi connectivity index (χ3n) is 7.47. The van der Waals surface area contributed by atoms with Gasteiger partial charge in [-0.05, 0) is 62.4 Å². The van der Waals surface area contributed by atoms with Gasteiger partial charge >= 0.3 is 5.69 Å². The summed E-state index contributed by atoms with van der Waals surface area (Å²) in [5, 5.41) is 0. The Morgan fingerprint density at radius 2 is 1.53 bits per heavy atom. The van der Waals surface area contributed by atoms with Crippen LogP contribution < -0.4 is 20.7 Å². The number of methoxy groups -OCH3 is 2. The van der Waals surface area contributed by atoms with Gasteiger partial charge in [0.2, 0.25) is 0 Å². The zero-order valence-corrected chi connectivity index (χ0v) is 21.6. The quantitative estimate of drug-likeness (QED) is 0.531. The number of fused-ring (bicyclic) bond motifs is 3. The molecular formula is C28H35N3O3. The molecule has 0 aliphatic carbocycles. The number of hydrogen-bond donors (Lipinski definition) is 0. The number of rotatable bonds is 5. The van der Waals surface area contributed by atoms with Crippen molar-refractivity contribution in [1.29, 1.82) is 0 Å². The highest BCUT2D eigenvalue weighted by molar-refractivity contribution is 5.72. The zero-order valence-electron chi connectivity index (χ0n) is 21.6. The number of ether oxygens (including phenoxy) is 2. The van der Waals surface area contributed by atoms with Crippen LogP contribution in [-0.4, -0.2) is 23.4 Å². The maximum absolute atomic E-state index is 13.7. The van der Waals surface area contributed by atoms with E-state index in [1.54, 1.807) is 25.8 Å². The van der Waals surface area contributed by atoms with Crippen LogP contribution in [-0.2, 0) is 19.0 Å². The molecule has 0 amide bonds. The molecule has 1 aromatic heterocycles. The first kappa shape index (κ1) is 23.9. The summed E-state index contributed by atoms with van der Waals surface area (Å²) in [7, 11) is 5.10. The molecule has 2 aromatic carbocycles. The molecule has 0 atom stereocenters. The Morgan fingerprint density at radius 1 is 0.941 bits per heavy atom. The number of nitrogens with zero attached hydrogens (tertiary/aromatic N) is 3. The lowest BCUT2D eigenvalue weighted by Gasteiger charge is -2.40. The van der Waals surface area contributed by atoms with Gasteiger partial charge in [0.1, 0.15) is 5.49 Å². The van der Waals surface area contributed by atoms with Gasteiger partial charge in [-0.15, -0.1) is 0 Å². The van der Waals surface area contributed by atoms with Crippen molar-refractivity contribution >= 4 is 5.69 Å². The van der Waals surface area contributed by atoms with Crippen molar-refractivity contribution in [3.63, 3.8) is 0 Å². The normalized spacial score (nSPS) is 14.5. The first-order valence-electron chi connectivity index (χ1n) is 11.9. The van der Waals surface area contributed by atoms with Crippen LogP contribution in [0.25, 0.3) is 11.3 Å². The lowest BCUT2D eigenvalue weighted by molar-refractivity contribution is 0.313. The van der Waals surface area contributed by atoms with Crippen LogP contribution in [0.15, 0.2) is 40.1 Å². The van der Waals surface area contributed by atoms with E-state index in [1.807, 2.05) is 16.7 Å². The Labute approximate surface area is 201 Å². The molecule has 6 heteroatoms. The Balaban J connectivity index is 2.08. The minimum atomic E-state index is -0.165. The van der Waals surface area contributed by atoms with E-state index in [1.165, 1.54) is 11.1 Å². The Kier molecular flexibility index (Phi) is 6.19. The number of aryl methyl sites for hydroxylation is 3. The summed E-state index contributed by atoms with van der Waals surface area (Å²) in [4.78, 5) is 18.6. The van der Waals surface area contributed by atoms with Crippen LogP contribution in [0.3, 0.4) is 0 Å². The first-order chi connectivity index (χ1) is 16.2. The lowest BCUT2D eigenvalue weighted by atomic mass is 9.71. The van der Waals surface area contributed by atoms with Gasteiger partial charge in [0.25, 0.3) is 0 Å². The molecule has 0 radical (unpaired) electrons. The van der Waals surface area contributed by atoms with Crippen LogP contribution in [0.1, 0.15) is 48.9 Å². The highest BCUT2D eigenvalue weighted by atomic mass is 16.5. The SMILES string of the molecule is CCC1(CC)Cn2c(c/c(=N/c3c(C)cc(C)cc3C)n(C)c2=O)-c2cc(OC)c(OC)cc21. The number of hydrogen-bond acceptors (Lipinski definition) is 4. The average Bonchev–Trinajstić information content (AvgIpc) is 2.83. The van der Waals surface area contributed by atoms with E-state index in [0.29, 0.717) is 23.5 Å². The van der Waals surface area contributed by atoms with Crippen LogP contribution in [0.5, 0.6) is 11.5 Å². The van der Waals surface area contributed by atoms with E-state index in [2.05, 4.69) is 52.8 Å². The average molecular weight is 462 g/mol. The van der Waals surface area contributed by atoms with Crippen LogP contribution in [0.2, 0.25) is 0 Å². The van der Waals surface area contributed by atoms with Crippen molar-refractivity contribution < 1.29 is 9.47 Å². The van der Waals surface area contributed by atoms with Gasteiger partial charge in [-0.25, -0.2) is 9.79 Å². The summed E-state index contributed by atoms with van der Waals surface area (Å²) in [6.07, 6.45) is 1.82. The van der Waals surface area contributed by atoms with E-state index >= 15 is 0 Å². The van der Waals surface area contributed by atoms with Gasteiger partial charge in [0.05, 0.1) is 25.6 Å². The lowest BCUT2D eigenvalue weighted by Crippen LogP contribution is -2.46. The second-order valence-corrected chi connectivity index (χ2v) is 9.41. The smallest absolute Gasteiger partial charge is 0.329 e. The maximum Gasteiger partial charge on any atom is 0.329 e. The monoisotopic (exact) mass is 461 g/mol. The summed E-state index contributed by atoms with van der Waals surface area (Å²) in [6.45, 7) is 11.2. The van der Waals surface area contributed by atoms with Crippen LogP contribution >= 0.6 is 0 Å². The van der Waals surface area contributed by atoms with Gasteiger partial charge in [-0.2, -0.15) is 0 Å². The fourth-order valence-electron chi connectivity index (χ4n) is 5.40. The van der Waals surface area contributed by atoms with E-state index in [-0.39, 0.29) is 11.1 Å². The fourth-order valence-corrected chi connectivity index (χ4v) is 5.40. The molecule has 0 fully saturated rings. The van der Waals surface area contributed by atoms with E-state index in [0.717, 1.165) is 40.9 Å². The highest BCUT2D eigenvalue weighted by Crippen LogP contribution is 2.47. The Morgan fingerprint density at radius 3 is 2.09 bits per heavy atom. The molecule has 0 N–H and O–H groups in total. The van der Waals surface area contributed by atoms with Crippen molar-refractivity contribution in [2.24, 2.45) is 12.0 Å². The molecule has 1 aliphatic rings. The van der Waals surface area contributed by atoms with E-state index in [9.17, 15) is 4.79 Å². The van der Waals surface area contributed by atoms with Gasteiger partial charge in [-0.1, -0.05) is 31.5 Å². The largest absolute Gasteiger partial charge is 0.493 e. The first-order valence-corrected chi connectivity index (χ1v) is 11.9. The van der Waals surface area contributed by atoms with E-state index < -0.39 is 0 Å². The molecule has 1 aliphatic heterocycles. The highest BCUT2D eigenvalue weighted by Gasteiger charge is 2.38. The minimum Gasteiger partial charge on any atom is -0.493 e. The molecule has 0 unspecified atom stereocenters. The minimum absolute atomic E-state index is 0.0645. The van der Waals surface area contributed by atoms with Crippen molar-refractivity contribution in [2.75, 3.05) is 14.2 Å². The van der Waals surface area contributed by atoms with Crippen molar-refractivity contribution in [3.05, 3.63) is 68.6 Å². The van der Waals surface area contributed by atoms with Gasteiger partial charge in [-0.3, -0.25) is 9.13 Å². The summed E-state index contributed by atoms with van der Waals surface area (Å²) in [5.41, 5.74) is 7.75. The zero-order chi connectivity index (χ0) is 24.8. The molecule has 4 rings (SSSR count). The third kappa shape index (κ3) is 3.65. The molecule has 0 spiro atoms. The predicted octanol–water partition coefficient (Wildman–Crippen LogP) is 5.10. The second-order valence-electron chi connectivity index (χ2n) is 9.41. The number of benzene rings is 2. The molecule has 6 nitrogen and oxygen atoms in total. The predicted molar refractivity (Wildman–Crippen MR) is 136 cm³/mol.